The summed E-state index contributed by atoms with van der Waals surface area (Å²) in [5, 5.41) is 24.8. The van der Waals surface area contributed by atoms with Gasteiger partial charge in [-0.1, -0.05) is 18.2 Å². The highest BCUT2D eigenvalue weighted by atomic mass is 16.6. The number of fused-ring (bicyclic) bond motifs is 6. The molecule has 9 nitrogen and oxygen atoms in total. The summed E-state index contributed by atoms with van der Waals surface area (Å²) in [7, 11) is 0. The van der Waals surface area contributed by atoms with Crippen molar-refractivity contribution in [3.63, 3.8) is 0 Å². The van der Waals surface area contributed by atoms with Crippen molar-refractivity contribution in [1.29, 1.82) is 0 Å². The van der Waals surface area contributed by atoms with E-state index in [1.54, 1.807) is 36.4 Å². The smallest absolute Gasteiger partial charge is 0.340 e. The van der Waals surface area contributed by atoms with E-state index < -0.39 is 17.5 Å². The van der Waals surface area contributed by atoms with Crippen molar-refractivity contribution >= 4 is 18.1 Å². The van der Waals surface area contributed by atoms with Crippen LogP contribution in [0.5, 0.6) is 23.0 Å². The first-order valence-corrected chi connectivity index (χ1v) is 10.9. The summed E-state index contributed by atoms with van der Waals surface area (Å²) in [6.45, 7) is 0. The highest BCUT2D eigenvalue weighted by molar-refractivity contribution is 5.98. The lowest BCUT2D eigenvalue weighted by molar-refractivity contribution is 0.0224. The van der Waals surface area contributed by atoms with E-state index in [2.05, 4.69) is 15.5 Å². The molecule has 1 aromatic heterocycles. The molecule has 0 saturated carbocycles. The summed E-state index contributed by atoms with van der Waals surface area (Å²) >= 11 is 0. The van der Waals surface area contributed by atoms with Gasteiger partial charge in [0, 0.05) is 40.7 Å². The number of hydrazone groups is 1. The lowest BCUT2D eigenvalue weighted by Gasteiger charge is -2.37. The van der Waals surface area contributed by atoms with E-state index in [9.17, 15) is 19.8 Å². The summed E-state index contributed by atoms with van der Waals surface area (Å²) in [6.07, 6.45) is 4.22. The number of nitrogens with zero attached hydrogens (tertiary/aromatic N) is 2. The zero-order valence-corrected chi connectivity index (χ0v) is 18.5. The van der Waals surface area contributed by atoms with Gasteiger partial charge < -0.3 is 19.7 Å². The first-order chi connectivity index (χ1) is 17.5. The Hall–Kier alpha value is -5.18. The molecular formula is C27H17N3O6. The highest BCUT2D eigenvalue weighted by Gasteiger charge is 2.54. The van der Waals surface area contributed by atoms with Gasteiger partial charge in [-0.2, -0.15) is 5.10 Å². The molecule has 2 aliphatic rings. The minimum atomic E-state index is -1.37. The lowest BCUT2D eigenvalue weighted by Crippen LogP contribution is -2.33. The quantitative estimate of drug-likeness (QED) is 0.231. The second kappa shape index (κ2) is 7.95. The Morgan fingerprint density at radius 1 is 0.972 bits per heavy atom. The number of aromatic hydroxyl groups is 2. The molecule has 6 rings (SSSR count). The number of aromatic nitrogens is 1. The molecule has 1 unspecified atom stereocenters. The molecule has 0 bridgehead atoms. The Labute approximate surface area is 204 Å². The van der Waals surface area contributed by atoms with Gasteiger partial charge in [0.2, 0.25) is 0 Å². The van der Waals surface area contributed by atoms with E-state index in [0.717, 1.165) is 0 Å². The number of carbonyl (C=O) groups excluding carboxylic acids is 2. The van der Waals surface area contributed by atoms with Gasteiger partial charge >= 0.3 is 5.97 Å². The molecule has 4 aromatic rings. The summed E-state index contributed by atoms with van der Waals surface area (Å²) in [5.41, 5.74) is 3.52. The second-order valence-corrected chi connectivity index (χ2v) is 8.21. The third kappa shape index (κ3) is 3.10. The average molecular weight is 479 g/mol. The van der Waals surface area contributed by atoms with Gasteiger partial charge in [-0.15, -0.1) is 0 Å². The molecule has 9 heteroatoms. The molecular weight excluding hydrogens is 462 g/mol. The van der Waals surface area contributed by atoms with Crippen molar-refractivity contribution in [1.82, 2.24) is 10.4 Å². The van der Waals surface area contributed by atoms with Crippen LogP contribution in [-0.4, -0.2) is 33.3 Å². The maximum atomic E-state index is 12.9. The Balaban J connectivity index is 1.50. The largest absolute Gasteiger partial charge is 0.508 e. The van der Waals surface area contributed by atoms with E-state index in [-0.39, 0.29) is 28.6 Å². The van der Waals surface area contributed by atoms with Crippen LogP contribution in [-0.2, 0) is 10.3 Å². The van der Waals surface area contributed by atoms with Crippen LogP contribution in [0, 0.1) is 0 Å². The number of rotatable bonds is 3. The van der Waals surface area contributed by atoms with E-state index in [1.165, 1.54) is 48.9 Å². The fourth-order valence-electron chi connectivity index (χ4n) is 4.58. The number of benzene rings is 3. The summed E-state index contributed by atoms with van der Waals surface area (Å²) in [5.74, 6) is -0.792. The summed E-state index contributed by atoms with van der Waals surface area (Å²) in [4.78, 5) is 29.1. The third-order valence-corrected chi connectivity index (χ3v) is 6.18. The van der Waals surface area contributed by atoms with Crippen LogP contribution in [0.2, 0.25) is 0 Å². The van der Waals surface area contributed by atoms with Gasteiger partial charge in [0.1, 0.15) is 23.0 Å². The van der Waals surface area contributed by atoms with E-state index in [4.69, 9.17) is 9.47 Å². The Morgan fingerprint density at radius 2 is 1.75 bits per heavy atom. The number of esters is 1. The van der Waals surface area contributed by atoms with E-state index >= 15 is 0 Å². The normalized spacial score (nSPS) is 17.2. The monoisotopic (exact) mass is 479 g/mol. The number of pyridine rings is 1. The number of amides is 1. The Bertz CT molecular complexity index is 1580. The lowest BCUT2D eigenvalue weighted by atomic mass is 9.77. The van der Waals surface area contributed by atoms with Crippen molar-refractivity contribution in [2.45, 2.75) is 5.60 Å². The molecule has 0 fully saturated rings. The molecule has 1 amide bonds. The minimum Gasteiger partial charge on any atom is -0.508 e. The van der Waals surface area contributed by atoms with Gasteiger partial charge in [0.25, 0.3) is 5.91 Å². The SMILES string of the molecule is O=C(N/N=C/c1c(O)ccc2c1Oc1cc(O)ccc1C21OC(=O)c2ccccc21)c1ccncc1. The fraction of sp³-hybridized carbons (Fsp3) is 0.0370. The number of ether oxygens (including phenoxy) is 2. The fourth-order valence-corrected chi connectivity index (χ4v) is 4.58. The van der Waals surface area contributed by atoms with Gasteiger partial charge in [-0.25, -0.2) is 10.2 Å². The van der Waals surface area contributed by atoms with Crippen LogP contribution in [0.1, 0.15) is 43.0 Å². The molecule has 3 N–H and O–H groups in total. The maximum absolute atomic E-state index is 12.9. The Kier molecular flexibility index (Phi) is 4.72. The standard InChI is InChI=1S/C27H17N3O6/c31-16-5-6-20-23(13-16)35-24-18(14-29-30-25(33)15-9-11-28-12-10-15)22(32)8-7-21(24)27(20)19-4-2-1-3-17(19)26(34)36-27/h1-14,31-32H,(H,30,33)/b29-14+. The molecule has 36 heavy (non-hydrogen) atoms. The van der Waals surface area contributed by atoms with Crippen LogP contribution in [0.15, 0.2) is 84.2 Å². The van der Waals surface area contributed by atoms with E-state index in [0.29, 0.717) is 27.8 Å². The van der Waals surface area contributed by atoms with Gasteiger partial charge in [0.05, 0.1) is 17.3 Å². The van der Waals surface area contributed by atoms with Crippen molar-refractivity contribution in [3.05, 3.63) is 113 Å². The molecule has 176 valence electrons. The summed E-state index contributed by atoms with van der Waals surface area (Å²) in [6, 6.07) is 17.7. The van der Waals surface area contributed by atoms with Crippen LogP contribution >= 0.6 is 0 Å². The van der Waals surface area contributed by atoms with Gasteiger partial charge in [-0.3, -0.25) is 9.78 Å². The molecule has 0 radical (unpaired) electrons. The first kappa shape index (κ1) is 21.4. The average Bonchev–Trinajstić information content (AvgIpc) is 3.18. The number of nitrogens with one attached hydrogen (secondary N) is 1. The summed E-state index contributed by atoms with van der Waals surface area (Å²) < 4.78 is 12.2. The molecule has 1 spiro atoms. The molecule has 2 aliphatic heterocycles. The molecule has 3 aromatic carbocycles. The van der Waals surface area contributed by atoms with Crippen LogP contribution in [0.4, 0.5) is 0 Å². The van der Waals surface area contributed by atoms with Crippen molar-refractivity contribution in [2.24, 2.45) is 5.10 Å². The van der Waals surface area contributed by atoms with Crippen LogP contribution in [0.25, 0.3) is 0 Å². The Morgan fingerprint density at radius 3 is 2.58 bits per heavy atom. The van der Waals surface area contributed by atoms with Crippen molar-refractivity contribution < 1.29 is 29.3 Å². The number of phenolic OH excluding ortho intramolecular Hbond substituents is 2. The zero-order valence-electron chi connectivity index (χ0n) is 18.5. The zero-order chi connectivity index (χ0) is 24.9. The maximum Gasteiger partial charge on any atom is 0.340 e. The van der Waals surface area contributed by atoms with Crippen molar-refractivity contribution in [3.8, 4) is 23.0 Å². The van der Waals surface area contributed by atoms with Crippen LogP contribution in [0.3, 0.4) is 0 Å². The van der Waals surface area contributed by atoms with E-state index in [1.807, 2.05) is 0 Å². The molecule has 0 aliphatic carbocycles. The first-order valence-electron chi connectivity index (χ1n) is 10.9. The minimum absolute atomic E-state index is 0.0510. The van der Waals surface area contributed by atoms with Gasteiger partial charge in [-0.05, 0) is 42.5 Å². The molecule has 0 saturated heterocycles. The number of hydrogen-bond acceptors (Lipinski definition) is 8. The van der Waals surface area contributed by atoms with Crippen molar-refractivity contribution in [2.75, 3.05) is 0 Å². The predicted octanol–water partition coefficient (Wildman–Crippen LogP) is 3.82. The highest BCUT2D eigenvalue weighted by Crippen LogP contribution is 2.57. The number of hydrogen-bond donors (Lipinski definition) is 3. The number of carbonyl (C=O) groups is 2. The topological polar surface area (TPSA) is 130 Å². The molecule has 1 atom stereocenters. The molecule has 3 heterocycles. The predicted molar refractivity (Wildman–Crippen MR) is 127 cm³/mol. The third-order valence-electron chi connectivity index (χ3n) is 6.18. The van der Waals surface area contributed by atoms with Gasteiger partial charge in [0.15, 0.2) is 5.60 Å². The second-order valence-electron chi connectivity index (χ2n) is 8.21. The van der Waals surface area contributed by atoms with Crippen LogP contribution < -0.4 is 10.2 Å². The number of phenols is 2.